The second-order valence-electron chi connectivity index (χ2n) is 13.3. The molecule has 10 heteroatoms. The van der Waals surface area contributed by atoms with E-state index < -0.39 is 23.1 Å². The maximum Gasteiger partial charge on any atom is 0.347 e. The number of rotatable bonds is 12. The van der Waals surface area contributed by atoms with E-state index in [-0.39, 0.29) is 16.8 Å². The molecule has 0 saturated carbocycles. The van der Waals surface area contributed by atoms with Gasteiger partial charge in [0.05, 0.1) is 0 Å². The summed E-state index contributed by atoms with van der Waals surface area (Å²) < 4.78 is 11.3. The molecule has 0 saturated heterocycles. The van der Waals surface area contributed by atoms with Crippen molar-refractivity contribution in [1.82, 2.24) is 0 Å². The van der Waals surface area contributed by atoms with Gasteiger partial charge in [-0.05, 0) is 107 Å². The number of hydrogen-bond donors (Lipinski definition) is 2. The first-order valence-corrected chi connectivity index (χ1v) is 18.6. The van der Waals surface area contributed by atoms with Gasteiger partial charge in [0.1, 0.15) is 11.5 Å². The Morgan fingerprint density at radius 3 is 2.04 bits per heavy atom. The molecule has 0 amide bonds. The van der Waals surface area contributed by atoms with E-state index in [0.717, 1.165) is 37.6 Å². The van der Waals surface area contributed by atoms with Gasteiger partial charge in [0.15, 0.2) is 22.8 Å². The van der Waals surface area contributed by atoms with E-state index in [1.807, 2.05) is 86.8 Å². The molecule has 2 N–H and O–H groups in total. The number of ketones is 2. The predicted octanol–water partition coefficient (Wildman–Crippen LogP) is 9.43. The molecule has 0 fully saturated rings. The van der Waals surface area contributed by atoms with Gasteiger partial charge in [0.25, 0.3) is 0 Å². The number of Topliss-reactive ketones (excluding diaryl/α,β-unsaturated/α-hetero) is 2. The Morgan fingerprint density at radius 2 is 1.43 bits per heavy atom. The van der Waals surface area contributed by atoms with Gasteiger partial charge in [-0.1, -0.05) is 54.6 Å². The Morgan fingerprint density at radius 1 is 0.824 bits per heavy atom. The number of carboxylic acid groups (broad SMARTS) is 2. The number of carboxylic acids is 2. The van der Waals surface area contributed by atoms with E-state index in [9.17, 15) is 24.3 Å². The summed E-state index contributed by atoms with van der Waals surface area (Å²) in [4.78, 5) is 49.4. The number of aryl methyl sites for hydroxylation is 3. The third-order valence-electron chi connectivity index (χ3n) is 8.39. The second-order valence-corrected chi connectivity index (χ2v) is 15.5. The van der Waals surface area contributed by atoms with Crippen LogP contribution in [0.25, 0.3) is 0 Å². The summed E-state index contributed by atoms with van der Waals surface area (Å²) in [6.07, 6.45) is 3.43. The van der Waals surface area contributed by atoms with Crippen LogP contribution >= 0.6 is 23.5 Å². The Hall–Kier alpha value is -4.54. The van der Waals surface area contributed by atoms with Gasteiger partial charge in [-0.3, -0.25) is 9.59 Å². The van der Waals surface area contributed by atoms with Crippen LogP contribution in [0.15, 0.2) is 94.7 Å². The van der Waals surface area contributed by atoms with Crippen molar-refractivity contribution in [2.75, 3.05) is 6.26 Å². The Labute approximate surface area is 308 Å². The molecule has 51 heavy (non-hydrogen) atoms. The molecule has 1 aliphatic heterocycles. The van der Waals surface area contributed by atoms with Gasteiger partial charge < -0.3 is 19.7 Å². The Balaban J connectivity index is 0.000000229. The minimum absolute atomic E-state index is 0.0522. The zero-order valence-corrected chi connectivity index (χ0v) is 31.6. The van der Waals surface area contributed by atoms with Crippen LogP contribution in [-0.2, 0) is 16.0 Å². The fourth-order valence-electron chi connectivity index (χ4n) is 5.37. The third kappa shape index (κ3) is 10.3. The first kappa shape index (κ1) is 39.2. The first-order valence-electron chi connectivity index (χ1n) is 16.5. The zero-order chi connectivity index (χ0) is 37.5. The summed E-state index contributed by atoms with van der Waals surface area (Å²) in [5.74, 6) is -0.709. The number of aliphatic carboxylic acids is 2. The fraction of sp³-hybridized carbons (Fsp3) is 0.317. The lowest BCUT2D eigenvalue weighted by Gasteiger charge is -2.27. The van der Waals surface area contributed by atoms with Gasteiger partial charge >= 0.3 is 11.9 Å². The lowest BCUT2D eigenvalue weighted by molar-refractivity contribution is -0.152. The van der Waals surface area contributed by atoms with Crippen LogP contribution in [0.4, 0.5) is 0 Å². The first-order chi connectivity index (χ1) is 24.0. The Bertz CT molecular complexity index is 1890. The molecule has 0 spiro atoms. The molecule has 0 bridgehead atoms. The molecule has 5 rings (SSSR count). The van der Waals surface area contributed by atoms with Crippen molar-refractivity contribution >= 4 is 47.0 Å². The quantitative estimate of drug-likeness (QED) is 0.108. The van der Waals surface area contributed by atoms with Crippen LogP contribution in [0.5, 0.6) is 11.5 Å². The van der Waals surface area contributed by atoms with Crippen LogP contribution in [0.1, 0.15) is 88.8 Å². The normalized spacial score (nSPS) is 14.1. The molecule has 1 atom stereocenters. The van der Waals surface area contributed by atoms with Crippen LogP contribution < -0.4 is 9.47 Å². The molecule has 0 aliphatic carbocycles. The van der Waals surface area contributed by atoms with E-state index in [4.69, 9.17) is 14.6 Å². The monoisotopic (exact) mass is 728 g/mol. The van der Waals surface area contributed by atoms with Crippen molar-refractivity contribution < 1.29 is 38.9 Å². The maximum absolute atomic E-state index is 12.5. The highest BCUT2D eigenvalue weighted by Crippen LogP contribution is 2.46. The average molecular weight is 729 g/mol. The van der Waals surface area contributed by atoms with Crippen LogP contribution in [0.2, 0.25) is 0 Å². The molecular formula is C41H44O8S2. The van der Waals surface area contributed by atoms with Gasteiger partial charge in [-0.15, -0.1) is 23.5 Å². The number of fused-ring (bicyclic) bond motifs is 1. The minimum atomic E-state index is -1.30. The summed E-state index contributed by atoms with van der Waals surface area (Å²) >= 11 is 3.34. The topological polar surface area (TPSA) is 127 Å². The molecule has 4 aromatic carbocycles. The van der Waals surface area contributed by atoms with Crippen molar-refractivity contribution in [3.8, 4) is 11.5 Å². The fourth-order valence-corrected chi connectivity index (χ4v) is 7.06. The van der Waals surface area contributed by atoms with Crippen LogP contribution in [0, 0.1) is 13.8 Å². The molecule has 268 valence electrons. The summed E-state index contributed by atoms with van der Waals surface area (Å²) in [5.41, 5.74) is 2.66. The molecule has 0 radical (unpaired) electrons. The smallest absolute Gasteiger partial charge is 0.347 e. The van der Waals surface area contributed by atoms with E-state index >= 15 is 0 Å². The highest BCUT2D eigenvalue weighted by atomic mass is 32.2. The molecule has 1 unspecified atom stereocenters. The van der Waals surface area contributed by atoms with Crippen molar-refractivity contribution in [1.29, 1.82) is 0 Å². The summed E-state index contributed by atoms with van der Waals surface area (Å²) in [5, 5.41) is 18.5. The number of hydrogen-bond acceptors (Lipinski definition) is 8. The van der Waals surface area contributed by atoms with Gasteiger partial charge in [-0.25, -0.2) is 9.59 Å². The molecule has 8 nitrogen and oxygen atoms in total. The van der Waals surface area contributed by atoms with E-state index in [0.29, 0.717) is 36.3 Å². The van der Waals surface area contributed by atoms with Gasteiger partial charge in [0, 0.05) is 39.0 Å². The zero-order valence-electron chi connectivity index (χ0n) is 29.9. The minimum Gasteiger partial charge on any atom is -0.478 e. The molecule has 4 aromatic rings. The second kappa shape index (κ2) is 16.7. The highest BCUT2D eigenvalue weighted by molar-refractivity contribution is 7.99. The van der Waals surface area contributed by atoms with Crippen molar-refractivity contribution in [2.45, 2.75) is 87.0 Å². The average Bonchev–Trinajstić information content (AvgIpc) is 3.09. The number of carbonyl (C=O) groups excluding carboxylic acids is 2. The van der Waals surface area contributed by atoms with Crippen molar-refractivity contribution in [2.24, 2.45) is 0 Å². The molecule has 1 aliphatic rings. The van der Waals surface area contributed by atoms with Crippen LogP contribution in [-0.4, -0.2) is 51.2 Å². The van der Waals surface area contributed by atoms with Gasteiger partial charge in [0.2, 0.25) is 0 Å². The highest BCUT2D eigenvalue weighted by Gasteiger charge is 2.32. The summed E-state index contributed by atoms with van der Waals surface area (Å²) in [6.45, 7) is 9.90. The maximum atomic E-state index is 12.5. The lowest BCUT2D eigenvalue weighted by Crippen LogP contribution is -2.38. The SMILES string of the molecule is CSc1ccc(C(=O)CCc2cccc(OC(C)(C)C(=O)O)c2)cc1.Cc1cc(C2CC(=O)c3ccccc3S2)cc(C)c1OC(C)(C)C(=O)O. The van der Waals surface area contributed by atoms with Crippen LogP contribution in [0.3, 0.4) is 0 Å². The van der Waals surface area contributed by atoms with E-state index in [1.165, 1.54) is 27.7 Å². The van der Waals surface area contributed by atoms with Gasteiger partial charge in [-0.2, -0.15) is 0 Å². The van der Waals surface area contributed by atoms with Crippen molar-refractivity contribution in [3.05, 3.63) is 118 Å². The number of ether oxygens (including phenoxy) is 2. The molecule has 1 heterocycles. The summed E-state index contributed by atoms with van der Waals surface area (Å²) in [7, 11) is 0. The standard InChI is InChI=1S/C21H22O4S.C20H22O4S/c1-12-9-14(10-13(2)19(12)25-21(3,4)20(23)24)18-11-16(22)15-7-5-6-8-17(15)26-18;1-20(2,19(22)23)24-16-6-4-5-14(13-16)7-12-18(21)15-8-10-17(25-3)11-9-15/h5-10,18H,11H2,1-4H3,(H,23,24);4-6,8-11,13H,7,12H2,1-3H3,(H,22,23). The van der Waals surface area contributed by atoms with E-state index in [1.54, 1.807) is 41.7 Å². The summed E-state index contributed by atoms with van der Waals surface area (Å²) in [6, 6.07) is 26.5. The van der Waals surface area contributed by atoms with Crippen molar-refractivity contribution in [3.63, 3.8) is 0 Å². The lowest BCUT2D eigenvalue weighted by atomic mass is 9.97. The predicted molar refractivity (Wildman–Crippen MR) is 202 cm³/mol. The number of thioether (sulfide) groups is 2. The largest absolute Gasteiger partial charge is 0.478 e. The third-order valence-corrected chi connectivity index (χ3v) is 10.5. The Kier molecular flexibility index (Phi) is 12.8. The van der Waals surface area contributed by atoms with E-state index in [2.05, 4.69) is 0 Å². The number of benzene rings is 4. The molecular weight excluding hydrogens is 685 g/mol. The number of carbonyl (C=O) groups is 4. The molecule has 0 aromatic heterocycles.